The van der Waals surface area contributed by atoms with Crippen LogP contribution in [0, 0.1) is 0 Å². The van der Waals surface area contributed by atoms with Crippen LogP contribution in [0.25, 0.3) is 0 Å². The molecule has 0 saturated heterocycles. The van der Waals surface area contributed by atoms with Crippen LogP contribution < -0.4 is 10.5 Å². The molecule has 174 valence electrons. The number of hydrogen-bond acceptors (Lipinski definition) is 4. The normalized spacial score (nSPS) is 13.0. The zero-order valence-electron chi connectivity index (χ0n) is 16.9. The topological polar surface area (TPSA) is 89.7 Å². The maximum Gasteiger partial charge on any atom is 0.573 e. The number of carbonyl (C=O) groups excluding carboxylic acids is 1. The Morgan fingerprint density at radius 3 is 2.21 bits per heavy atom. The van der Waals surface area contributed by atoms with Gasteiger partial charge in [-0.05, 0) is 47.5 Å². The van der Waals surface area contributed by atoms with E-state index in [1.807, 2.05) is 0 Å². The van der Waals surface area contributed by atoms with Gasteiger partial charge in [-0.3, -0.25) is 4.79 Å². The molecule has 0 fully saturated rings. The van der Waals surface area contributed by atoms with E-state index in [0.29, 0.717) is 10.6 Å². The van der Waals surface area contributed by atoms with Crippen molar-refractivity contribution < 1.29 is 31.1 Å². The van der Waals surface area contributed by atoms with Crippen molar-refractivity contribution in [2.24, 2.45) is 5.73 Å². The van der Waals surface area contributed by atoms with Gasteiger partial charge in [-0.25, -0.2) is 8.42 Å². The standard InChI is InChI=1S/C22H18ClF3N2O4S/c23-17-9-11-19(12-10-17)33(30,31)28(20(21(27)29)16-6-2-1-3-7-16)14-15-5-4-8-18(13-15)32-22(24,25)26/h1-13,20H,14H2,(H2,27,29)/t20-/m1/s1. The van der Waals surface area contributed by atoms with Crippen LogP contribution in [-0.2, 0) is 21.4 Å². The van der Waals surface area contributed by atoms with E-state index in [1.54, 1.807) is 18.2 Å². The number of rotatable bonds is 8. The molecule has 1 atom stereocenters. The van der Waals surface area contributed by atoms with Crippen molar-refractivity contribution >= 4 is 27.5 Å². The first-order valence-electron chi connectivity index (χ1n) is 9.44. The second kappa shape index (κ2) is 9.82. The largest absolute Gasteiger partial charge is 0.573 e. The predicted octanol–water partition coefficient (Wildman–Crippen LogP) is 4.66. The van der Waals surface area contributed by atoms with Gasteiger partial charge in [0.15, 0.2) is 0 Å². The summed E-state index contributed by atoms with van der Waals surface area (Å²) in [5.41, 5.74) is 6.04. The molecular weight excluding hydrogens is 481 g/mol. The van der Waals surface area contributed by atoms with Crippen LogP contribution in [0.1, 0.15) is 17.2 Å². The van der Waals surface area contributed by atoms with Crippen molar-refractivity contribution in [3.63, 3.8) is 0 Å². The summed E-state index contributed by atoms with van der Waals surface area (Å²) in [4.78, 5) is 12.3. The number of halogens is 4. The van der Waals surface area contributed by atoms with Crippen molar-refractivity contribution in [3.8, 4) is 5.75 Å². The van der Waals surface area contributed by atoms with Gasteiger partial charge in [-0.1, -0.05) is 54.1 Å². The third kappa shape index (κ3) is 6.25. The van der Waals surface area contributed by atoms with Crippen molar-refractivity contribution in [3.05, 3.63) is 95.0 Å². The minimum atomic E-state index is -4.92. The Morgan fingerprint density at radius 2 is 1.64 bits per heavy atom. The van der Waals surface area contributed by atoms with Crippen LogP contribution in [0.2, 0.25) is 5.02 Å². The van der Waals surface area contributed by atoms with Gasteiger partial charge in [0, 0.05) is 11.6 Å². The summed E-state index contributed by atoms with van der Waals surface area (Å²) in [6.45, 7) is -0.456. The van der Waals surface area contributed by atoms with Gasteiger partial charge in [0.1, 0.15) is 11.8 Å². The summed E-state index contributed by atoms with van der Waals surface area (Å²) in [6.07, 6.45) is -4.92. The number of amides is 1. The molecule has 3 aromatic rings. The lowest BCUT2D eigenvalue weighted by molar-refractivity contribution is -0.274. The maximum absolute atomic E-state index is 13.5. The molecule has 0 aromatic heterocycles. The van der Waals surface area contributed by atoms with Crippen molar-refractivity contribution in [1.82, 2.24) is 4.31 Å². The molecule has 33 heavy (non-hydrogen) atoms. The molecule has 0 saturated carbocycles. The number of nitrogens with two attached hydrogens (primary N) is 1. The zero-order valence-corrected chi connectivity index (χ0v) is 18.4. The SMILES string of the molecule is NC(=O)[C@@H](c1ccccc1)N(Cc1cccc(OC(F)(F)F)c1)S(=O)(=O)c1ccc(Cl)cc1. The van der Waals surface area contributed by atoms with Crippen LogP contribution in [0.4, 0.5) is 13.2 Å². The summed E-state index contributed by atoms with van der Waals surface area (Å²) < 4.78 is 69.8. The summed E-state index contributed by atoms with van der Waals surface area (Å²) in [6, 6.07) is 16.6. The van der Waals surface area contributed by atoms with E-state index in [1.165, 1.54) is 48.5 Å². The Labute approximate surface area is 193 Å². The van der Waals surface area contributed by atoms with E-state index in [-0.39, 0.29) is 10.5 Å². The van der Waals surface area contributed by atoms with Gasteiger partial charge >= 0.3 is 6.36 Å². The lowest BCUT2D eigenvalue weighted by Gasteiger charge is -2.29. The first-order valence-corrected chi connectivity index (χ1v) is 11.3. The quantitative estimate of drug-likeness (QED) is 0.489. The van der Waals surface area contributed by atoms with Gasteiger partial charge in [-0.15, -0.1) is 13.2 Å². The second-order valence-corrected chi connectivity index (χ2v) is 9.24. The summed E-state index contributed by atoms with van der Waals surface area (Å²) in [5.74, 6) is -1.49. The maximum atomic E-state index is 13.5. The van der Waals surface area contributed by atoms with Crippen LogP contribution in [-0.4, -0.2) is 25.0 Å². The molecule has 3 rings (SSSR count). The van der Waals surface area contributed by atoms with E-state index < -0.39 is 40.6 Å². The monoisotopic (exact) mass is 498 g/mol. The first-order chi connectivity index (χ1) is 15.5. The molecule has 0 radical (unpaired) electrons. The first kappa shape index (κ1) is 24.6. The Kier molecular flexibility index (Phi) is 7.31. The van der Waals surface area contributed by atoms with E-state index >= 15 is 0 Å². The Hall–Kier alpha value is -3.08. The summed E-state index contributed by atoms with van der Waals surface area (Å²) in [7, 11) is -4.35. The van der Waals surface area contributed by atoms with Gasteiger partial charge in [0.2, 0.25) is 15.9 Å². The van der Waals surface area contributed by atoms with Crippen molar-refractivity contribution in [2.75, 3.05) is 0 Å². The van der Waals surface area contributed by atoms with Gasteiger partial charge < -0.3 is 10.5 Å². The summed E-state index contributed by atoms with van der Waals surface area (Å²) >= 11 is 5.86. The number of alkyl halides is 3. The van der Waals surface area contributed by atoms with E-state index in [2.05, 4.69) is 4.74 Å². The minimum Gasteiger partial charge on any atom is -0.406 e. The van der Waals surface area contributed by atoms with E-state index in [4.69, 9.17) is 17.3 Å². The fourth-order valence-corrected chi connectivity index (χ4v) is 4.88. The molecule has 1 amide bonds. The number of nitrogens with zero attached hydrogens (tertiary/aromatic N) is 1. The number of carbonyl (C=O) groups is 1. The molecule has 6 nitrogen and oxygen atoms in total. The highest BCUT2D eigenvalue weighted by Gasteiger charge is 2.36. The molecule has 0 heterocycles. The fraction of sp³-hybridized carbons (Fsp3) is 0.136. The van der Waals surface area contributed by atoms with Crippen LogP contribution >= 0.6 is 11.6 Å². The second-order valence-electron chi connectivity index (χ2n) is 6.91. The molecule has 0 unspecified atom stereocenters. The molecule has 3 aromatic carbocycles. The van der Waals surface area contributed by atoms with Crippen LogP contribution in [0.5, 0.6) is 5.75 Å². The van der Waals surface area contributed by atoms with E-state index in [9.17, 15) is 26.4 Å². The highest BCUT2D eigenvalue weighted by Crippen LogP contribution is 2.31. The average molecular weight is 499 g/mol. The highest BCUT2D eigenvalue weighted by atomic mass is 35.5. The Morgan fingerprint density at radius 1 is 1.00 bits per heavy atom. The summed E-state index contributed by atoms with van der Waals surface area (Å²) in [5, 5.41) is 0.298. The van der Waals surface area contributed by atoms with Gasteiger partial charge in [0.25, 0.3) is 0 Å². The molecule has 0 aliphatic carbocycles. The zero-order chi connectivity index (χ0) is 24.2. The fourth-order valence-electron chi connectivity index (χ4n) is 3.19. The molecule has 11 heteroatoms. The number of primary amides is 1. The van der Waals surface area contributed by atoms with Gasteiger partial charge in [0.05, 0.1) is 4.90 Å². The minimum absolute atomic E-state index is 0.150. The molecule has 2 N–H and O–H groups in total. The average Bonchev–Trinajstić information content (AvgIpc) is 2.73. The van der Waals surface area contributed by atoms with Crippen LogP contribution in [0.3, 0.4) is 0 Å². The highest BCUT2D eigenvalue weighted by molar-refractivity contribution is 7.89. The molecule has 0 spiro atoms. The predicted molar refractivity (Wildman–Crippen MR) is 116 cm³/mol. The third-order valence-corrected chi connectivity index (χ3v) is 6.64. The van der Waals surface area contributed by atoms with Crippen molar-refractivity contribution in [2.45, 2.75) is 23.8 Å². The third-order valence-electron chi connectivity index (χ3n) is 4.56. The number of benzene rings is 3. The Balaban J connectivity index is 2.10. The molecule has 0 aliphatic rings. The molecule has 0 bridgehead atoms. The van der Waals surface area contributed by atoms with Crippen molar-refractivity contribution in [1.29, 1.82) is 0 Å². The molecule has 0 aliphatic heterocycles. The number of ether oxygens (including phenoxy) is 1. The van der Waals surface area contributed by atoms with Crippen LogP contribution in [0.15, 0.2) is 83.8 Å². The number of sulfonamides is 1. The Bertz CT molecular complexity index is 1220. The number of hydrogen-bond donors (Lipinski definition) is 1. The lowest BCUT2D eigenvalue weighted by Crippen LogP contribution is -2.41. The smallest absolute Gasteiger partial charge is 0.406 e. The lowest BCUT2D eigenvalue weighted by atomic mass is 10.1. The van der Waals surface area contributed by atoms with Gasteiger partial charge in [-0.2, -0.15) is 4.31 Å². The van der Waals surface area contributed by atoms with E-state index in [0.717, 1.165) is 16.4 Å². The molecular formula is C22H18ClF3N2O4S.